The predicted molar refractivity (Wildman–Crippen MR) is 122 cm³/mol. The summed E-state index contributed by atoms with van der Waals surface area (Å²) in [7, 11) is 1.59. The van der Waals surface area contributed by atoms with E-state index in [2.05, 4.69) is 0 Å². The molecule has 1 amide bonds. The van der Waals surface area contributed by atoms with Gasteiger partial charge in [0.2, 0.25) is 5.91 Å². The van der Waals surface area contributed by atoms with Crippen molar-refractivity contribution in [3.63, 3.8) is 0 Å². The van der Waals surface area contributed by atoms with Gasteiger partial charge in [-0.2, -0.15) is 0 Å². The van der Waals surface area contributed by atoms with E-state index >= 15 is 0 Å². The summed E-state index contributed by atoms with van der Waals surface area (Å²) in [4.78, 5) is 26.8. The summed E-state index contributed by atoms with van der Waals surface area (Å²) in [6.07, 6.45) is 0. The quantitative estimate of drug-likeness (QED) is 0.401. The number of carbonyl (C=O) groups excluding carboxylic acids is 2. The molecular weight excluding hydrogens is 420 g/mol. The van der Waals surface area contributed by atoms with E-state index < -0.39 is 18.1 Å². The first-order chi connectivity index (χ1) is 16.0. The minimum Gasteiger partial charge on any atom is -0.497 e. The highest BCUT2D eigenvalue weighted by molar-refractivity contribution is 5.92. The van der Waals surface area contributed by atoms with Crippen LogP contribution in [0, 0.1) is 0 Å². The second-order valence-corrected chi connectivity index (χ2v) is 7.80. The number of likely N-dealkylation sites (tertiary alicyclic amines) is 1. The lowest BCUT2D eigenvalue weighted by Gasteiger charge is -2.40. The summed E-state index contributed by atoms with van der Waals surface area (Å²) >= 11 is 0. The first kappa shape index (κ1) is 22.4. The maximum absolute atomic E-state index is 13.0. The monoisotopic (exact) mass is 446 g/mol. The molecule has 2 N–H and O–H groups in total. The maximum Gasteiger partial charge on any atom is 0.333 e. The lowest BCUT2D eigenvalue weighted by Crippen LogP contribution is -2.62. The van der Waals surface area contributed by atoms with Crippen molar-refractivity contribution in [2.45, 2.75) is 25.3 Å². The third-order valence-electron chi connectivity index (χ3n) is 5.51. The zero-order valence-corrected chi connectivity index (χ0v) is 18.3. The van der Waals surface area contributed by atoms with Crippen LogP contribution in [-0.2, 0) is 27.5 Å². The summed E-state index contributed by atoms with van der Waals surface area (Å²) in [6.45, 7) is 0.825. The Hall–Kier alpha value is -3.84. The van der Waals surface area contributed by atoms with E-state index in [1.54, 1.807) is 43.5 Å². The average Bonchev–Trinajstić information content (AvgIpc) is 2.87. The number of hydrogen-bond acceptors (Lipinski definition) is 6. The van der Waals surface area contributed by atoms with Crippen molar-refractivity contribution in [3.05, 3.63) is 95.6 Å². The van der Waals surface area contributed by atoms with Gasteiger partial charge in [-0.3, -0.25) is 4.79 Å². The molecular formula is C26H26N2O5. The van der Waals surface area contributed by atoms with Crippen molar-refractivity contribution >= 4 is 11.9 Å². The number of β-lactam (4-membered cyclic amide) rings is 1. The molecule has 7 heteroatoms. The zero-order chi connectivity index (χ0) is 23.2. The van der Waals surface area contributed by atoms with Gasteiger partial charge in [-0.1, -0.05) is 54.6 Å². The fraction of sp³-hybridized carbons (Fsp3) is 0.231. The molecule has 2 atom stereocenters. The van der Waals surface area contributed by atoms with Crippen molar-refractivity contribution in [2.75, 3.05) is 13.7 Å². The smallest absolute Gasteiger partial charge is 0.333 e. The van der Waals surface area contributed by atoms with Crippen LogP contribution in [0.3, 0.4) is 0 Å². The molecule has 1 aliphatic rings. The van der Waals surface area contributed by atoms with Gasteiger partial charge in [0.25, 0.3) is 0 Å². The van der Waals surface area contributed by atoms with E-state index in [4.69, 9.17) is 19.9 Å². The van der Waals surface area contributed by atoms with Gasteiger partial charge in [-0.05, 0) is 41.0 Å². The van der Waals surface area contributed by atoms with E-state index in [9.17, 15) is 9.59 Å². The van der Waals surface area contributed by atoms with Crippen molar-refractivity contribution in [2.24, 2.45) is 5.73 Å². The molecule has 0 saturated carbocycles. The average molecular weight is 447 g/mol. The first-order valence-electron chi connectivity index (χ1n) is 10.7. The molecule has 0 radical (unpaired) electrons. The second-order valence-electron chi connectivity index (χ2n) is 7.80. The van der Waals surface area contributed by atoms with Crippen LogP contribution in [0.1, 0.15) is 22.7 Å². The highest BCUT2D eigenvalue weighted by Crippen LogP contribution is 2.29. The number of methoxy groups -OCH3 is 1. The number of ether oxygens (including phenoxy) is 3. The third-order valence-corrected chi connectivity index (χ3v) is 5.51. The first-order valence-corrected chi connectivity index (χ1v) is 10.7. The SMILES string of the molecule is COc1ccc(COC(=O)C(c2ccc(OCc3ccccc3)cc2)N2C[C@H](N)C2=O)cc1. The van der Waals surface area contributed by atoms with Crippen LogP contribution in [0.4, 0.5) is 0 Å². The lowest BCUT2D eigenvalue weighted by molar-refractivity contribution is -0.163. The van der Waals surface area contributed by atoms with Crippen LogP contribution >= 0.6 is 0 Å². The number of nitrogens with zero attached hydrogens (tertiary/aromatic N) is 1. The fourth-order valence-electron chi connectivity index (χ4n) is 3.60. The zero-order valence-electron chi connectivity index (χ0n) is 18.3. The topological polar surface area (TPSA) is 91.1 Å². The maximum atomic E-state index is 13.0. The van der Waals surface area contributed by atoms with Gasteiger partial charge >= 0.3 is 5.97 Å². The third kappa shape index (κ3) is 5.32. The molecule has 4 rings (SSSR count). The molecule has 33 heavy (non-hydrogen) atoms. The Kier molecular flexibility index (Phi) is 6.90. The summed E-state index contributed by atoms with van der Waals surface area (Å²) in [5, 5.41) is 0. The molecule has 3 aromatic rings. The van der Waals surface area contributed by atoms with Gasteiger partial charge in [0.05, 0.1) is 7.11 Å². The molecule has 0 spiro atoms. The number of rotatable bonds is 9. The number of benzene rings is 3. The lowest BCUT2D eigenvalue weighted by atomic mass is 9.98. The van der Waals surface area contributed by atoms with E-state index in [1.165, 1.54) is 4.90 Å². The summed E-state index contributed by atoms with van der Waals surface area (Å²) in [5.41, 5.74) is 8.28. The highest BCUT2D eigenvalue weighted by atomic mass is 16.5. The molecule has 0 bridgehead atoms. The van der Waals surface area contributed by atoms with Crippen molar-refractivity contribution in [1.82, 2.24) is 4.90 Å². The minimum absolute atomic E-state index is 0.0890. The van der Waals surface area contributed by atoms with Crippen LogP contribution in [-0.4, -0.2) is 36.5 Å². The summed E-state index contributed by atoms with van der Waals surface area (Å²) < 4.78 is 16.5. The Morgan fingerprint density at radius 2 is 1.58 bits per heavy atom. The van der Waals surface area contributed by atoms with E-state index in [-0.39, 0.29) is 12.5 Å². The van der Waals surface area contributed by atoms with Gasteiger partial charge in [-0.25, -0.2) is 4.79 Å². The molecule has 3 aromatic carbocycles. The molecule has 1 aliphatic heterocycles. The number of amides is 1. The fourth-order valence-corrected chi connectivity index (χ4v) is 3.60. The van der Waals surface area contributed by atoms with E-state index in [0.717, 1.165) is 16.9 Å². The Bertz CT molecular complexity index is 1080. The van der Waals surface area contributed by atoms with Crippen LogP contribution in [0.2, 0.25) is 0 Å². The molecule has 1 saturated heterocycles. The number of esters is 1. The predicted octanol–water partition coefficient (Wildman–Crippen LogP) is 3.23. The largest absolute Gasteiger partial charge is 0.497 e. The van der Waals surface area contributed by atoms with Crippen LogP contribution in [0.5, 0.6) is 11.5 Å². The molecule has 0 aliphatic carbocycles. The van der Waals surface area contributed by atoms with Gasteiger partial charge in [0.1, 0.15) is 30.8 Å². The second kappa shape index (κ2) is 10.2. The van der Waals surface area contributed by atoms with E-state index in [1.807, 2.05) is 42.5 Å². The minimum atomic E-state index is -0.862. The Morgan fingerprint density at radius 1 is 0.939 bits per heavy atom. The Morgan fingerprint density at radius 3 is 2.18 bits per heavy atom. The standard InChI is InChI=1S/C26H26N2O5/c1-31-21-11-7-19(8-12-21)17-33-26(30)24(28-15-23(27)25(28)29)20-9-13-22(14-10-20)32-16-18-5-3-2-4-6-18/h2-14,23-24H,15-17,27H2,1H3/t23-,24?/m0/s1. The summed E-state index contributed by atoms with van der Waals surface area (Å²) in [6, 6.07) is 22.8. The highest BCUT2D eigenvalue weighted by Gasteiger charge is 2.43. The van der Waals surface area contributed by atoms with Crippen molar-refractivity contribution < 1.29 is 23.8 Å². The van der Waals surface area contributed by atoms with Crippen LogP contribution < -0.4 is 15.2 Å². The Labute approximate surface area is 192 Å². The van der Waals surface area contributed by atoms with Crippen LogP contribution in [0.15, 0.2) is 78.9 Å². The molecule has 1 fully saturated rings. The van der Waals surface area contributed by atoms with Crippen molar-refractivity contribution in [3.8, 4) is 11.5 Å². The van der Waals surface area contributed by atoms with Gasteiger partial charge in [-0.15, -0.1) is 0 Å². The number of nitrogens with two attached hydrogens (primary N) is 1. The number of hydrogen-bond donors (Lipinski definition) is 1. The molecule has 7 nitrogen and oxygen atoms in total. The normalized spacial score (nSPS) is 16.0. The number of carbonyl (C=O) groups is 2. The summed E-state index contributed by atoms with van der Waals surface area (Å²) in [5.74, 6) is 0.604. The van der Waals surface area contributed by atoms with E-state index in [0.29, 0.717) is 24.5 Å². The van der Waals surface area contributed by atoms with Gasteiger partial charge < -0.3 is 24.8 Å². The van der Waals surface area contributed by atoms with Gasteiger partial charge in [0.15, 0.2) is 6.04 Å². The molecule has 1 heterocycles. The van der Waals surface area contributed by atoms with Crippen molar-refractivity contribution in [1.29, 1.82) is 0 Å². The molecule has 170 valence electrons. The van der Waals surface area contributed by atoms with Crippen LogP contribution in [0.25, 0.3) is 0 Å². The molecule has 1 unspecified atom stereocenters. The van der Waals surface area contributed by atoms with Gasteiger partial charge in [0, 0.05) is 6.54 Å². The Balaban J connectivity index is 1.44. The molecule has 0 aromatic heterocycles.